The van der Waals surface area contributed by atoms with E-state index in [1.165, 1.54) is 12.1 Å². The zero-order valence-electron chi connectivity index (χ0n) is 13.4. The SMILES string of the molecule is CC(C)(CNCc1cccc(F)c1)NC(=O)OC(C)(C)C. The molecule has 0 atom stereocenters. The highest BCUT2D eigenvalue weighted by Crippen LogP contribution is 2.09. The molecule has 0 spiro atoms. The lowest BCUT2D eigenvalue weighted by Gasteiger charge is -2.29. The Morgan fingerprint density at radius 3 is 2.48 bits per heavy atom. The van der Waals surface area contributed by atoms with Crippen molar-refractivity contribution in [3.8, 4) is 0 Å². The topological polar surface area (TPSA) is 50.4 Å². The molecule has 1 aromatic rings. The molecule has 1 aromatic carbocycles. The van der Waals surface area contributed by atoms with Crippen molar-refractivity contribution in [3.05, 3.63) is 35.6 Å². The van der Waals surface area contributed by atoms with Crippen LogP contribution in [0, 0.1) is 5.82 Å². The third-order valence-corrected chi connectivity index (χ3v) is 2.62. The molecule has 0 saturated heterocycles. The van der Waals surface area contributed by atoms with Gasteiger partial charge < -0.3 is 15.4 Å². The Balaban J connectivity index is 2.40. The van der Waals surface area contributed by atoms with Crippen LogP contribution in [0.4, 0.5) is 9.18 Å². The average molecular weight is 296 g/mol. The third-order valence-electron chi connectivity index (χ3n) is 2.62. The number of carbonyl (C=O) groups is 1. The molecule has 0 aliphatic carbocycles. The average Bonchev–Trinajstić information content (AvgIpc) is 2.24. The van der Waals surface area contributed by atoms with E-state index in [9.17, 15) is 9.18 Å². The first kappa shape index (κ1) is 17.4. The fourth-order valence-corrected chi connectivity index (χ4v) is 1.79. The van der Waals surface area contributed by atoms with Gasteiger partial charge in [-0.15, -0.1) is 0 Å². The molecule has 4 nitrogen and oxygen atoms in total. The summed E-state index contributed by atoms with van der Waals surface area (Å²) in [4.78, 5) is 11.7. The van der Waals surface area contributed by atoms with Crippen molar-refractivity contribution < 1.29 is 13.9 Å². The van der Waals surface area contributed by atoms with Gasteiger partial charge in [-0.2, -0.15) is 0 Å². The van der Waals surface area contributed by atoms with Gasteiger partial charge in [0.15, 0.2) is 0 Å². The second-order valence-electron chi connectivity index (χ2n) is 6.74. The maximum absolute atomic E-state index is 13.1. The van der Waals surface area contributed by atoms with Gasteiger partial charge in [0.25, 0.3) is 0 Å². The van der Waals surface area contributed by atoms with Gasteiger partial charge in [0.05, 0.1) is 5.54 Å². The van der Waals surface area contributed by atoms with Crippen LogP contribution in [0.5, 0.6) is 0 Å². The van der Waals surface area contributed by atoms with E-state index in [4.69, 9.17) is 4.74 Å². The molecule has 118 valence electrons. The fourth-order valence-electron chi connectivity index (χ4n) is 1.79. The predicted octanol–water partition coefficient (Wildman–Crippen LogP) is 3.22. The maximum atomic E-state index is 13.1. The van der Waals surface area contributed by atoms with Gasteiger partial charge in [-0.3, -0.25) is 0 Å². The molecule has 0 fully saturated rings. The maximum Gasteiger partial charge on any atom is 0.408 e. The second kappa shape index (κ2) is 6.89. The van der Waals surface area contributed by atoms with E-state index in [0.717, 1.165) is 5.56 Å². The van der Waals surface area contributed by atoms with Gasteiger partial charge >= 0.3 is 6.09 Å². The van der Waals surface area contributed by atoms with Gasteiger partial charge in [0.2, 0.25) is 0 Å². The molecule has 5 heteroatoms. The number of rotatable bonds is 5. The van der Waals surface area contributed by atoms with E-state index in [1.54, 1.807) is 6.07 Å². The summed E-state index contributed by atoms with van der Waals surface area (Å²) >= 11 is 0. The van der Waals surface area contributed by atoms with E-state index in [1.807, 2.05) is 40.7 Å². The molecule has 0 heterocycles. The molecule has 0 aromatic heterocycles. The predicted molar refractivity (Wildman–Crippen MR) is 81.6 cm³/mol. The van der Waals surface area contributed by atoms with Crippen LogP contribution in [-0.2, 0) is 11.3 Å². The monoisotopic (exact) mass is 296 g/mol. The molecule has 1 amide bonds. The smallest absolute Gasteiger partial charge is 0.408 e. The van der Waals surface area contributed by atoms with E-state index in [-0.39, 0.29) is 5.82 Å². The summed E-state index contributed by atoms with van der Waals surface area (Å²) in [5.74, 6) is -0.250. The standard InChI is InChI=1S/C16H25FN2O2/c1-15(2,3)21-14(20)19-16(4,5)11-18-10-12-7-6-8-13(17)9-12/h6-9,18H,10-11H2,1-5H3,(H,19,20). The summed E-state index contributed by atoms with van der Waals surface area (Å²) in [6, 6.07) is 6.43. The zero-order chi connectivity index (χ0) is 16.1. The summed E-state index contributed by atoms with van der Waals surface area (Å²) < 4.78 is 18.3. The van der Waals surface area contributed by atoms with E-state index >= 15 is 0 Å². The zero-order valence-corrected chi connectivity index (χ0v) is 13.4. The van der Waals surface area contributed by atoms with Gasteiger partial charge in [-0.05, 0) is 52.3 Å². The lowest BCUT2D eigenvalue weighted by atomic mass is 10.1. The third kappa shape index (κ3) is 7.66. The summed E-state index contributed by atoms with van der Waals surface area (Å²) in [5, 5.41) is 6.01. The Bertz CT molecular complexity index is 481. The van der Waals surface area contributed by atoms with Gasteiger partial charge in [-0.25, -0.2) is 9.18 Å². The molecule has 0 radical (unpaired) electrons. The van der Waals surface area contributed by atoms with Gasteiger partial charge in [0, 0.05) is 13.1 Å². The molecular weight excluding hydrogens is 271 g/mol. The first-order valence-electron chi connectivity index (χ1n) is 7.04. The number of benzene rings is 1. The molecule has 0 unspecified atom stereocenters. The minimum Gasteiger partial charge on any atom is -0.444 e. The van der Waals surface area contributed by atoms with E-state index in [0.29, 0.717) is 13.1 Å². The van der Waals surface area contributed by atoms with Crippen LogP contribution in [0.15, 0.2) is 24.3 Å². The minimum absolute atomic E-state index is 0.250. The minimum atomic E-state index is -0.519. The van der Waals surface area contributed by atoms with Crippen LogP contribution in [0.2, 0.25) is 0 Å². The number of alkyl carbamates (subject to hydrolysis) is 1. The number of hydrogen-bond donors (Lipinski definition) is 2. The molecular formula is C16H25FN2O2. The molecule has 1 rings (SSSR count). The first-order chi connectivity index (χ1) is 9.57. The van der Waals surface area contributed by atoms with Crippen molar-refractivity contribution in [2.75, 3.05) is 6.54 Å². The van der Waals surface area contributed by atoms with Crippen LogP contribution >= 0.6 is 0 Å². The van der Waals surface area contributed by atoms with Crippen LogP contribution in [0.1, 0.15) is 40.2 Å². The van der Waals surface area contributed by atoms with Crippen molar-refractivity contribution in [1.82, 2.24) is 10.6 Å². The van der Waals surface area contributed by atoms with Crippen LogP contribution < -0.4 is 10.6 Å². The Morgan fingerprint density at radius 2 is 1.90 bits per heavy atom. The Labute approximate surface area is 126 Å². The Hall–Kier alpha value is -1.62. The number of carbonyl (C=O) groups excluding carboxylic acids is 1. The summed E-state index contributed by atoms with van der Waals surface area (Å²) in [6.45, 7) is 10.3. The largest absolute Gasteiger partial charge is 0.444 e. The van der Waals surface area contributed by atoms with Gasteiger partial charge in [0.1, 0.15) is 11.4 Å². The number of hydrogen-bond acceptors (Lipinski definition) is 3. The number of halogens is 1. The molecule has 0 aliphatic rings. The van der Waals surface area contributed by atoms with Crippen molar-refractivity contribution in [1.29, 1.82) is 0 Å². The molecule has 0 saturated carbocycles. The number of ether oxygens (including phenoxy) is 1. The highest BCUT2D eigenvalue weighted by Gasteiger charge is 2.24. The van der Waals surface area contributed by atoms with Crippen LogP contribution in [0.25, 0.3) is 0 Å². The van der Waals surface area contributed by atoms with Crippen molar-refractivity contribution in [2.24, 2.45) is 0 Å². The highest BCUT2D eigenvalue weighted by molar-refractivity contribution is 5.68. The summed E-state index contributed by atoms with van der Waals surface area (Å²) in [5.41, 5.74) is -0.117. The van der Waals surface area contributed by atoms with Crippen LogP contribution in [-0.4, -0.2) is 23.8 Å². The lowest BCUT2D eigenvalue weighted by Crippen LogP contribution is -2.51. The molecule has 21 heavy (non-hydrogen) atoms. The fraction of sp³-hybridized carbons (Fsp3) is 0.562. The number of nitrogens with one attached hydrogen (secondary N) is 2. The Morgan fingerprint density at radius 1 is 1.24 bits per heavy atom. The van der Waals surface area contributed by atoms with E-state index in [2.05, 4.69) is 10.6 Å². The normalized spacial score (nSPS) is 12.1. The van der Waals surface area contributed by atoms with Crippen LogP contribution in [0.3, 0.4) is 0 Å². The summed E-state index contributed by atoms with van der Waals surface area (Å²) in [7, 11) is 0. The van der Waals surface area contributed by atoms with Crippen molar-refractivity contribution in [3.63, 3.8) is 0 Å². The first-order valence-corrected chi connectivity index (χ1v) is 7.04. The van der Waals surface area contributed by atoms with E-state index < -0.39 is 17.2 Å². The highest BCUT2D eigenvalue weighted by atomic mass is 19.1. The lowest BCUT2D eigenvalue weighted by molar-refractivity contribution is 0.0472. The van der Waals surface area contributed by atoms with Crippen molar-refractivity contribution in [2.45, 2.75) is 52.3 Å². The van der Waals surface area contributed by atoms with Gasteiger partial charge in [-0.1, -0.05) is 12.1 Å². The summed E-state index contributed by atoms with van der Waals surface area (Å²) in [6.07, 6.45) is -0.444. The quantitative estimate of drug-likeness (QED) is 0.877. The second-order valence-corrected chi connectivity index (χ2v) is 6.74. The molecule has 0 aliphatic heterocycles. The van der Waals surface area contributed by atoms with Crippen molar-refractivity contribution >= 4 is 6.09 Å². The number of amides is 1. The Kier molecular flexibility index (Phi) is 5.72. The molecule has 0 bridgehead atoms. The molecule has 2 N–H and O–H groups in total.